The minimum atomic E-state index is -0.267. The Kier molecular flexibility index (Phi) is 9.26. The lowest BCUT2D eigenvalue weighted by Crippen LogP contribution is -2.29. The fourth-order valence-electron chi connectivity index (χ4n) is 3.58. The van der Waals surface area contributed by atoms with E-state index in [2.05, 4.69) is 34.5 Å². The highest BCUT2D eigenvalue weighted by Gasteiger charge is 2.19. The first-order valence-electron chi connectivity index (χ1n) is 10.3. The van der Waals surface area contributed by atoms with Crippen LogP contribution in [0.3, 0.4) is 0 Å². The summed E-state index contributed by atoms with van der Waals surface area (Å²) in [7, 11) is 0. The van der Waals surface area contributed by atoms with Gasteiger partial charge in [0, 0.05) is 18.9 Å². The number of amides is 1. The van der Waals surface area contributed by atoms with Gasteiger partial charge >= 0.3 is 0 Å². The lowest BCUT2D eigenvalue weighted by atomic mass is 9.93. The molecule has 0 aliphatic carbocycles. The molecule has 1 heterocycles. The molecule has 1 aliphatic rings. The molecule has 0 aromatic heterocycles. The van der Waals surface area contributed by atoms with Gasteiger partial charge in [0.2, 0.25) is 5.91 Å². The maximum atomic E-state index is 12.3. The molecule has 1 aliphatic heterocycles. The summed E-state index contributed by atoms with van der Waals surface area (Å²) in [6.07, 6.45) is 10.3. The normalized spacial score (nSPS) is 16.4. The first-order chi connectivity index (χ1) is 13.1. The van der Waals surface area contributed by atoms with Gasteiger partial charge in [-0.1, -0.05) is 43.7 Å². The van der Waals surface area contributed by atoms with Crippen molar-refractivity contribution >= 4 is 11.7 Å². The van der Waals surface area contributed by atoms with E-state index in [0.29, 0.717) is 12.8 Å². The molecule has 27 heavy (non-hydrogen) atoms. The Bertz CT molecular complexity index is 616. The van der Waals surface area contributed by atoms with Crippen LogP contribution in [0.15, 0.2) is 36.5 Å². The van der Waals surface area contributed by atoms with Crippen LogP contribution in [0.5, 0.6) is 0 Å². The number of likely N-dealkylation sites (tertiary alicyclic amines) is 1. The van der Waals surface area contributed by atoms with E-state index in [1.165, 1.54) is 43.5 Å². The number of benzene rings is 1. The molecule has 0 saturated carbocycles. The van der Waals surface area contributed by atoms with E-state index in [9.17, 15) is 9.59 Å². The molecule has 1 fully saturated rings. The highest BCUT2D eigenvalue weighted by atomic mass is 16.2. The van der Waals surface area contributed by atoms with Gasteiger partial charge in [-0.15, -0.1) is 0 Å². The van der Waals surface area contributed by atoms with Crippen LogP contribution in [0.2, 0.25) is 0 Å². The summed E-state index contributed by atoms with van der Waals surface area (Å²) >= 11 is 0. The SMILES string of the molecule is CC/C=C\NC(=O)C(CCc1ccc(CN2CCCCC2)cc1)CC(C)=O. The van der Waals surface area contributed by atoms with Gasteiger partial charge in [0.15, 0.2) is 0 Å². The summed E-state index contributed by atoms with van der Waals surface area (Å²) < 4.78 is 0. The van der Waals surface area contributed by atoms with Gasteiger partial charge in [-0.2, -0.15) is 0 Å². The summed E-state index contributed by atoms with van der Waals surface area (Å²) in [6, 6.07) is 8.74. The van der Waals surface area contributed by atoms with Crippen molar-refractivity contribution in [2.24, 2.45) is 5.92 Å². The highest BCUT2D eigenvalue weighted by Crippen LogP contribution is 2.17. The van der Waals surface area contributed by atoms with Crippen molar-refractivity contribution in [1.29, 1.82) is 0 Å². The van der Waals surface area contributed by atoms with Gasteiger partial charge in [-0.25, -0.2) is 0 Å². The van der Waals surface area contributed by atoms with Crippen LogP contribution >= 0.6 is 0 Å². The summed E-state index contributed by atoms with van der Waals surface area (Å²) in [5, 5.41) is 2.80. The lowest BCUT2D eigenvalue weighted by molar-refractivity contribution is -0.128. The van der Waals surface area contributed by atoms with Crippen LogP contribution in [0.25, 0.3) is 0 Å². The Morgan fingerprint density at radius 1 is 1.11 bits per heavy atom. The van der Waals surface area contributed by atoms with E-state index in [-0.39, 0.29) is 17.6 Å². The molecule has 4 heteroatoms. The number of nitrogens with zero attached hydrogens (tertiary/aromatic N) is 1. The zero-order chi connectivity index (χ0) is 19.5. The predicted octanol–water partition coefficient (Wildman–Crippen LogP) is 4.24. The average molecular weight is 371 g/mol. The van der Waals surface area contributed by atoms with Gasteiger partial charge in [0.25, 0.3) is 0 Å². The monoisotopic (exact) mass is 370 g/mol. The molecule has 0 radical (unpaired) electrons. The topological polar surface area (TPSA) is 49.4 Å². The summed E-state index contributed by atoms with van der Waals surface area (Å²) in [6.45, 7) is 7.01. The third-order valence-corrected chi connectivity index (χ3v) is 5.14. The van der Waals surface area contributed by atoms with E-state index < -0.39 is 0 Å². The molecular weight excluding hydrogens is 336 g/mol. The number of allylic oxidation sites excluding steroid dienone is 1. The number of piperidine rings is 1. The van der Waals surface area contributed by atoms with Gasteiger partial charge in [0.05, 0.1) is 0 Å². The van der Waals surface area contributed by atoms with Gasteiger partial charge in [-0.3, -0.25) is 9.69 Å². The van der Waals surface area contributed by atoms with Crippen LogP contribution in [0, 0.1) is 5.92 Å². The Balaban J connectivity index is 1.86. The Morgan fingerprint density at radius 2 is 1.78 bits per heavy atom. The molecule has 1 aromatic carbocycles. The number of ketones is 1. The number of nitrogens with one attached hydrogen (secondary N) is 1. The molecule has 1 atom stereocenters. The number of hydrogen-bond acceptors (Lipinski definition) is 3. The standard InChI is InChI=1S/C23H34N2O2/c1-3-4-14-24-23(27)22(17-19(2)26)13-12-20-8-10-21(11-9-20)18-25-15-6-5-7-16-25/h4,8-11,14,22H,3,5-7,12-13,15-18H2,1-2H3,(H,24,27)/b14-4-. The molecule has 148 valence electrons. The minimum absolute atomic E-state index is 0.0587. The van der Waals surface area contributed by atoms with Crippen molar-refractivity contribution in [3.8, 4) is 0 Å². The van der Waals surface area contributed by atoms with Crippen LogP contribution in [-0.2, 0) is 22.6 Å². The summed E-state index contributed by atoms with van der Waals surface area (Å²) in [4.78, 5) is 26.4. The number of rotatable bonds is 10. The molecule has 0 spiro atoms. The Hall–Kier alpha value is -1.94. The Morgan fingerprint density at radius 3 is 2.41 bits per heavy atom. The fraction of sp³-hybridized carbons (Fsp3) is 0.565. The number of hydrogen-bond donors (Lipinski definition) is 1. The van der Waals surface area contributed by atoms with Crippen LogP contribution in [0.4, 0.5) is 0 Å². The van der Waals surface area contributed by atoms with Gasteiger partial charge in [-0.05, 0) is 69.4 Å². The predicted molar refractivity (Wildman–Crippen MR) is 110 cm³/mol. The largest absolute Gasteiger partial charge is 0.333 e. The molecule has 0 bridgehead atoms. The Labute approximate surface area is 164 Å². The van der Waals surface area contributed by atoms with Crippen molar-refractivity contribution in [1.82, 2.24) is 10.2 Å². The number of carbonyl (C=O) groups excluding carboxylic acids is 2. The van der Waals surface area contributed by atoms with E-state index in [0.717, 1.165) is 19.4 Å². The van der Waals surface area contributed by atoms with Gasteiger partial charge < -0.3 is 10.1 Å². The summed E-state index contributed by atoms with van der Waals surface area (Å²) in [5.74, 6) is -0.264. The third-order valence-electron chi connectivity index (χ3n) is 5.14. The molecule has 1 unspecified atom stereocenters. The zero-order valence-corrected chi connectivity index (χ0v) is 16.9. The van der Waals surface area contributed by atoms with Crippen molar-refractivity contribution in [3.05, 3.63) is 47.7 Å². The molecule has 1 saturated heterocycles. The smallest absolute Gasteiger partial charge is 0.227 e. The lowest BCUT2D eigenvalue weighted by Gasteiger charge is -2.26. The molecule has 1 aromatic rings. The van der Waals surface area contributed by atoms with Crippen molar-refractivity contribution in [2.75, 3.05) is 13.1 Å². The second-order valence-corrected chi connectivity index (χ2v) is 7.61. The number of Topliss-reactive ketones (excluding diaryl/α,β-unsaturated/α-hetero) is 1. The first-order valence-corrected chi connectivity index (χ1v) is 10.3. The van der Waals surface area contributed by atoms with Crippen LogP contribution < -0.4 is 5.32 Å². The molecule has 1 N–H and O–H groups in total. The minimum Gasteiger partial charge on any atom is -0.333 e. The van der Waals surface area contributed by atoms with Crippen LogP contribution in [-0.4, -0.2) is 29.7 Å². The maximum Gasteiger partial charge on any atom is 0.227 e. The first kappa shape index (κ1) is 21.4. The number of aryl methyl sites for hydroxylation is 1. The van der Waals surface area contributed by atoms with E-state index in [4.69, 9.17) is 0 Å². The average Bonchev–Trinajstić information content (AvgIpc) is 2.67. The molecule has 4 nitrogen and oxygen atoms in total. The maximum absolute atomic E-state index is 12.3. The van der Waals surface area contributed by atoms with E-state index >= 15 is 0 Å². The van der Waals surface area contributed by atoms with Crippen molar-refractivity contribution in [2.45, 2.75) is 65.3 Å². The molecule has 1 amide bonds. The highest BCUT2D eigenvalue weighted by molar-refractivity contribution is 5.86. The van der Waals surface area contributed by atoms with Gasteiger partial charge in [0.1, 0.15) is 5.78 Å². The van der Waals surface area contributed by atoms with Crippen LogP contribution in [0.1, 0.15) is 63.5 Å². The quantitative estimate of drug-likeness (QED) is 0.670. The van der Waals surface area contributed by atoms with E-state index in [1.807, 2.05) is 13.0 Å². The number of carbonyl (C=O) groups is 2. The fourth-order valence-corrected chi connectivity index (χ4v) is 3.58. The summed E-state index contributed by atoms with van der Waals surface area (Å²) in [5.41, 5.74) is 2.58. The second kappa shape index (κ2) is 11.7. The van der Waals surface area contributed by atoms with Crippen molar-refractivity contribution < 1.29 is 9.59 Å². The van der Waals surface area contributed by atoms with E-state index in [1.54, 1.807) is 13.1 Å². The zero-order valence-electron chi connectivity index (χ0n) is 16.9. The second-order valence-electron chi connectivity index (χ2n) is 7.61. The third kappa shape index (κ3) is 8.08. The molecule has 2 rings (SSSR count). The molecular formula is C23H34N2O2. The van der Waals surface area contributed by atoms with Crippen molar-refractivity contribution in [3.63, 3.8) is 0 Å².